The predicted octanol–water partition coefficient (Wildman–Crippen LogP) is 4.48. The molecule has 0 aliphatic heterocycles. The van der Waals surface area contributed by atoms with Gasteiger partial charge in [0.25, 0.3) is 0 Å². The number of hydrogen-bond acceptors (Lipinski definition) is 4. The minimum Gasteiger partial charge on any atom is -0.352 e. The van der Waals surface area contributed by atoms with Crippen LogP contribution in [0.1, 0.15) is 44.6 Å². The van der Waals surface area contributed by atoms with E-state index in [0.29, 0.717) is 15.6 Å². The Labute approximate surface area is 217 Å². The highest BCUT2D eigenvalue weighted by atomic mass is 35.5. The minimum absolute atomic E-state index is 0.0259. The largest absolute Gasteiger partial charge is 0.352 e. The van der Waals surface area contributed by atoms with Crippen molar-refractivity contribution >= 4 is 45.0 Å². The molecule has 0 aromatic heterocycles. The molecule has 1 aliphatic rings. The average Bonchev–Trinajstić information content (AvgIpc) is 2.84. The summed E-state index contributed by atoms with van der Waals surface area (Å²) in [4.78, 5) is 27.9. The maximum absolute atomic E-state index is 13.4. The third kappa shape index (κ3) is 7.19. The van der Waals surface area contributed by atoms with E-state index in [0.717, 1.165) is 36.4 Å². The lowest BCUT2D eigenvalue weighted by Gasteiger charge is -2.32. The third-order valence-corrected chi connectivity index (χ3v) is 8.74. The quantitative estimate of drug-likeness (QED) is 0.508. The lowest BCUT2D eigenvalue weighted by Crippen LogP contribution is -2.52. The molecule has 0 radical (unpaired) electrons. The molecule has 1 saturated carbocycles. The summed E-state index contributed by atoms with van der Waals surface area (Å²) < 4.78 is 27.0. The number of hydrogen-bond donors (Lipinski definition) is 1. The van der Waals surface area contributed by atoms with Crippen molar-refractivity contribution in [3.63, 3.8) is 0 Å². The van der Waals surface area contributed by atoms with E-state index in [2.05, 4.69) is 5.32 Å². The lowest BCUT2D eigenvalue weighted by atomic mass is 9.95. The van der Waals surface area contributed by atoms with Crippen molar-refractivity contribution in [2.45, 2.75) is 62.6 Å². The molecule has 2 aromatic carbocycles. The van der Waals surface area contributed by atoms with Crippen LogP contribution < -0.4 is 5.32 Å². The van der Waals surface area contributed by atoms with E-state index in [-0.39, 0.29) is 23.4 Å². The standard InChI is InChI=1S/C25H31Cl2N3O4S/c1-18(25(32)28-21-9-4-3-5-10-21)30(16-19-8-6-7-11-23(19)27)24(31)17-29(2)35(33,34)22-14-12-20(26)13-15-22/h6-8,11-15,18,21H,3-5,9-10,16-17H2,1-2H3,(H,28,32)/t18-/m0/s1. The zero-order chi connectivity index (χ0) is 25.6. The second-order valence-electron chi connectivity index (χ2n) is 8.85. The number of carbonyl (C=O) groups is 2. The van der Waals surface area contributed by atoms with E-state index in [9.17, 15) is 18.0 Å². The zero-order valence-corrected chi connectivity index (χ0v) is 22.2. The molecule has 2 amide bonds. The number of rotatable bonds is 9. The van der Waals surface area contributed by atoms with Gasteiger partial charge in [0.05, 0.1) is 11.4 Å². The number of benzene rings is 2. The van der Waals surface area contributed by atoms with E-state index in [4.69, 9.17) is 23.2 Å². The number of sulfonamides is 1. The topological polar surface area (TPSA) is 86.8 Å². The van der Waals surface area contributed by atoms with Gasteiger partial charge in [-0.3, -0.25) is 9.59 Å². The highest BCUT2D eigenvalue weighted by Crippen LogP contribution is 2.22. The summed E-state index contributed by atoms with van der Waals surface area (Å²) in [5.74, 6) is -0.767. The van der Waals surface area contributed by atoms with Gasteiger partial charge in [0.2, 0.25) is 21.8 Å². The Morgan fingerprint density at radius 3 is 2.29 bits per heavy atom. The second-order valence-corrected chi connectivity index (χ2v) is 11.7. The van der Waals surface area contributed by atoms with Gasteiger partial charge in [-0.05, 0) is 55.7 Å². The Bertz CT molecular complexity index is 1140. The van der Waals surface area contributed by atoms with Gasteiger partial charge in [0.15, 0.2) is 0 Å². The molecule has 0 unspecified atom stereocenters. The maximum atomic E-state index is 13.4. The summed E-state index contributed by atoms with van der Waals surface area (Å²) in [6.45, 7) is 1.30. The summed E-state index contributed by atoms with van der Waals surface area (Å²) in [6.07, 6.45) is 5.12. The van der Waals surface area contributed by atoms with Crippen LogP contribution in [0, 0.1) is 0 Å². The van der Waals surface area contributed by atoms with Crippen LogP contribution in [-0.2, 0) is 26.2 Å². The Kier molecular flexibility index (Phi) is 9.58. The number of nitrogens with zero attached hydrogens (tertiary/aromatic N) is 2. The molecule has 3 rings (SSSR count). The highest BCUT2D eigenvalue weighted by molar-refractivity contribution is 7.89. The van der Waals surface area contributed by atoms with Crippen LogP contribution in [0.2, 0.25) is 10.0 Å². The SMILES string of the molecule is C[C@@H](C(=O)NC1CCCCC1)N(Cc1ccccc1Cl)C(=O)CN(C)S(=O)(=O)c1ccc(Cl)cc1. The fourth-order valence-corrected chi connectivity index (χ4v) is 5.56. The van der Waals surface area contributed by atoms with Gasteiger partial charge in [-0.15, -0.1) is 0 Å². The first-order valence-corrected chi connectivity index (χ1v) is 13.8. The predicted molar refractivity (Wildman–Crippen MR) is 138 cm³/mol. The summed E-state index contributed by atoms with van der Waals surface area (Å²) in [5, 5.41) is 3.93. The van der Waals surface area contributed by atoms with Crippen LogP contribution in [0.3, 0.4) is 0 Å². The molecule has 0 spiro atoms. The molecule has 7 nitrogen and oxygen atoms in total. The van der Waals surface area contributed by atoms with E-state index in [1.807, 2.05) is 0 Å². The van der Waals surface area contributed by atoms with Crippen molar-refractivity contribution in [1.82, 2.24) is 14.5 Å². The van der Waals surface area contributed by atoms with Crippen molar-refractivity contribution in [3.05, 3.63) is 64.1 Å². The van der Waals surface area contributed by atoms with Gasteiger partial charge >= 0.3 is 0 Å². The molecule has 0 saturated heterocycles. The van der Waals surface area contributed by atoms with E-state index < -0.39 is 28.5 Å². The first kappa shape index (κ1) is 27.5. The van der Waals surface area contributed by atoms with E-state index in [1.54, 1.807) is 31.2 Å². The van der Waals surface area contributed by atoms with Gasteiger partial charge in [-0.1, -0.05) is 60.7 Å². The minimum atomic E-state index is -3.93. The van der Waals surface area contributed by atoms with Gasteiger partial charge in [-0.2, -0.15) is 4.31 Å². The number of carbonyl (C=O) groups excluding carboxylic acids is 2. The fraction of sp³-hybridized carbons (Fsp3) is 0.440. The molecular formula is C25H31Cl2N3O4S. The molecule has 190 valence electrons. The van der Waals surface area contributed by atoms with Crippen molar-refractivity contribution in [1.29, 1.82) is 0 Å². The molecule has 1 atom stereocenters. The van der Waals surface area contributed by atoms with Crippen LogP contribution in [0.4, 0.5) is 0 Å². The number of amides is 2. The smallest absolute Gasteiger partial charge is 0.243 e. The van der Waals surface area contributed by atoms with Crippen LogP contribution >= 0.6 is 23.2 Å². The van der Waals surface area contributed by atoms with Gasteiger partial charge in [0, 0.05) is 29.7 Å². The molecule has 0 heterocycles. The zero-order valence-electron chi connectivity index (χ0n) is 19.9. The number of likely N-dealkylation sites (N-methyl/N-ethyl adjacent to an activating group) is 1. The first-order valence-electron chi connectivity index (χ1n) is 11.6. The third-order valence-electron chi connectivity index (χ3n) is 6.30. The Morgan fingerprint density at radius 2 is 1.66 bits per heavy atom. The number of halogens is 2. The fourth-order valence-electron chi connectivity index (χ4n) is 4.11. The highest BCUT2D eigenvalue weighted by Gasteiger charge is 2.31. The van der Waals surface area contributed by atoms with E-state index in [1.165, 1.54) is 36.2 Å². The van der Waals surface area contributed by atoms with Crippen molar-refractivity contribution in [2.75, 3.05) is 13.6 Å². The van der Waals surface area contributed by atoms with Crippen LogP contribution in [0.25, 0.3) is 0 Å². The van der Waals surface area contributed by atoms with E-state index >= 15 is 0 Å². The summed E-state index contributed by atoms with van der Waals surface area (Å²) in [5.41, 5.74) is 0.669. The maximum Gasteiger partial charge on any atom is 0.243 e. The van der Waals surface area contributed by atoms with Gasteiger partial charge < -0.3 is 10.2 Å². The van der Waals surface area contributed by atoms with Crippen LogP contribution in [0.5, 0.6) is 0 Å². The molecule has 1 aliphatic carbocycles. The second kappa shape index (κ2) is 12.2. The normalized spacial score (nSPS) is 15.6. The number of nitrogens with one attached hydrogen (secondary N) is 1. The molecule has 10 heteroatoms. The van der Waals surface area contributed by atoms with Crippen LogP contribution in [-0.4, -0.2) is 55.1 Å². The Hall–Kier alpha value is -2.13. The molecule has 0 bridgehead atoms. The monoisotopic (exact) mass is 539 g/mol. The summed E-state index contributed by atoms with van der Waals surface area (Å²) in [6, 6.07) is 12.1. The van der Waals surface area contributed by atoms with Crippen molar-refractivity contribution in [2.24, 2.45) is 0 Å². The van der Waals surface area contributed by atoms with Gasteiger partial charge in [0.1, 0.15) is 6.04 Å². The molecular weight excluding hydrogens is 509 g/mol. The lowest BCUT2D eigenvalue weighted by molar-refractivity contribution is -0.141. The average molecular weight is 541 g/mol. The summed E-state index contributed by atoms with van der Waals surface area (Å²) in [7, 11) is -2.60. The molecule has 2 aromatic rings. The van der Waals surface area contributed by atoms with Crippen molar-refractivity contribution < 1.29 is 18.0 Å². The van der Waals surface area contributed by atoms with Crippen LogP contribution in [0.15, 0.2) is 53.4 Å². The molecule has 35 heavy (non-hydrogen) atoms. The van der Waals surface area contributed by atoms with Gasteiger partial charge in [-0.25, -0.2) is 8.42 Å². The first-order chi connectivity index (χ1) is 16.6. The Morgan fingerprint density at radius 1 is 1.03 bits per heavy atom. The van der Waals surface area contributed by atoms with Crippen molar-refractivity contribution in [3.8, 4) is 0 Å². The Balaban J connectivity index is 1.80. The molecule has 1 fully saturated rings. The summed E-state index contributed by atoms with van der Waals surface area (Å²) >= 11 is 12.2. The molecule has 1 N–H and O–H groups in total.